The van der Waals surface area contributed by atoms with Crippen molar-refractivity contribution in [3.63, 3.8) is 0 Å². The van der Waals surface area contributed by atoms with Crippen LogP contribution in [0.2, 0.25) is 0 Å². The number of ketones is 1. The number of hydrogen-bond donors (Lipinski definition) is 1. The molecule has 1 rings (SSSR count). The number of carbonyl (C=O) groups is 2. The van der Waals surface area contributed by atoms with Crippen molar-refractivity contribution in [3.05, 3.63) is 35.4 Å². The molecule has 0 atom stereocenters. The second kappa shape index (κ2) is 6.58. The highest BCUT2D eigenvalue weighted by Crippen LogP contribution is 2.26. The first-order valence-electron chi connectivity index (χ1n) is 5.76. The summed E-state index contributed by atoms with van der Waals surface area (Å²) in [6.07, 6.45) is 0.818. The van der Waals surface area contributed by atoms with Gasteiger partial charge in [0.05, 0.1) is 19.3 Å². The summed E-state index contributed by atoms with van der Waals surface area (Å²) in [6.45, 7) is 4.12. The van der Waals surface area contributed by atoms with Crippen molar-refractivity contribution in [2.45, 2.75) is 13.8 Å². The van der Waals surface area contributed by atoms with Gasteiger partial charge in [-0.25, -0.2) is 4.79 Å². The normalized spacial score (nSPS) is 11.0. The highest BCUT2D eigenvalue weighted by atomic mass is 16.5. The number of aliphatic hydroxyl groups excluding tert-OH is 1. The minimum atomic E-state index is -1.03. The van der Waals surface area contributed by atoms with E-state index in [-0.39, 0.29) is 5.76 Å². The summed E-state index contributed by atoms with van der Waals surface area (Å²) in [5, 5.41) is 9.89. The van der Waals surface area contributed by atoms with Crippen LogP contribution < -0.4 is 4.74 Å². The molecule has 0 aromatic heterocycles. The van der Waals surface area contributed by atoms with E-state index in [0.29, 0.717) is 17.9 Å². The van der Waals surface area contributed by atoms with E-state index in [2.05, 4.69) is 4.74 Å². The lowest BCUT2D eigenvalue weighted by atomic mass is 10.1. The van der Waals surface area contributed by atoms with Crippen LogP contribution in [-0.2, 0) is 14.3 Å². The Hall–Kier alpha value is -2.30. The third kappa shape index (κ3) is 3.84. The Morgan fingerprint density at radius 3 is 2.63 bits per heavy atom. The van der Waals surface area contributed by atoms with Gasteiger partial charge in [0, 0.05) is 6.08 Å². The van der Waals surface area contributed by atoms with Crippen molar-refractivity contribution in [3.8, 4) is 5.75 Å². The molecule has 0 radical (unpaired) electrons. The van der Waals surface area contributed by atoms with E-state index in [1.807, 2.05) is 13.8 Å². The van der Waals surface area contributed by atoms with Gasteiger partial charge in [-0.05, 0) is 31.5 Å². The number of hydrogen-bond acceptors (Lipinski definition) is 5. The predicted molar refractivity (Wildman–Crippen MR) is 70.0 cm³/mol. The van der Waals surface area contributed by atoms with E-state index in [0.717, 1.165) is 18.7 Å². The van der Waals surface area contributed by atoms with Gasteiger partial charge in [0.2, 0.25) is 0 Å². The first-order chi connectivity index (χ1) is 8.99. The Labute approximate surface area is 111 Å². The fraction of sp³-hybridized carbons (Fsp3) is 0.286. The fourth-order valence-electron chi connectivity index (χ4n) is 1.48. The van der Waals surface area contributed by atoms with E-state index in [1.54, 1.807) is 18.2 Å². The molecule has 102 valence electrons. The zero-order valence-electron chi connectivity index (χ0n) is 11.1. The van der Waals surface area contributed by atoms with Crippen LogP contribution in [0.1, 0.15) is 18.1 Å². The summed E-state index contributed by atoms with van der Waals surface area (Å²) in [6, 6.07) is 5.13. The maximum atomic E-state index is 11.3. The maximum Gasteiger partial charge on any atom is 0.378 e. The molecule has 0 spiro atoms. The Morgan fingerprint density at radius 1 is 1.37 bits per heavy atom. The van der Waals surface area contributed by atoms with Crippen LogP contribution in [0, 0.1) is 6.92 Å². The summed E-state index contributed by atoms with van der Waals surface area (Å²) in [5.74, 6) is -1.84. The van der Waals surface area contributed by atoms with Gasteiger partial charge in [-0.2, -0.15) is 0 Å². The van der Waals surface area contributed by atoms with Crippen molar-refractivity contribution in [2.75, 3.05) is 13.7 Å². The minimum absolute atomic E-state index is 0.334. The van der Waals surface area contributed by atoms with Gasteiger partial charge in [-0.15, -0.1) is 0 Å². The number of aliphatic hydroxyl groups is 1. The van der Waals surface area contributed by atoms with Crippen LogP contribution in [0.25, 0.3) is 5.76 Å². The highest BCUT2D eigenvalue weighted by Gasteiger charge is 2.15. The SMILES string of the molecule is CCOc1cc(C)ccc1/C(O)=C/C(=O)C(=O)OC. The maximum absolute atomic E-state index is 11.3. The third-order valence-electron chi connectivity index (χ3n) is 2.37. The standard InChI is InChI=1S/C14H16O5/c1-4-19-13-7-9(2)5-6-10(13)11(15)8-12(16)14(17)18-3/h5-8,15H,4H2,1-3H3/b11-8-. The number of rotatable bonds is 5. The van der Waals surface area contributed by atoms with Gasteiger partial charge < -0.3 is 14.6 Å². The number of ether oxygens (including phenoxy) is 2. The molecular formula is C14H16O5. The van der Waals surface area contributed by atoms with E-state index < -0.39 is 11.8 Å². The first-order valence-corrected chi connectivity index (χ1v) is 5.76. The number of methoxy groups -OCH3 is 1. The van der Waals surface area contributed by atoms with Crippen LogP contribution in [0.3, 0.4) is 0 Å². The molecule has 0 fully saturated rings. The smallest absolute Gasteiger partial charge is 0.378 e. The van der Waals surface area contributed by atoms with Crippen molar-refractivity contribution >= 4 is 17.5 Å². The van der Waals surface area contributed by atoms with Gasteiger partial charge in [-0.3, -0.25) is 4.79 Å². The number of aryl methyl sites for hydroxylation is 1. The first kappa shape index (κ1) is 14.8. The molecule has 0 bridgehead atoms. The molecule has 0 saturated carbocycles. The second-order valence-corrected chi connectivity index (χ2v) is 3.82. The molecular weight excluding hydrogens is 248 g/mol. The van der Waals surface area contributed by atoms with Crippen LogP contribution in [-0.4, -0.2) is 30.6 Å². The molecule has 5 nitrogen and oxygen atoms in total. The van der Waals surface area contributed by atoms with E-state index in [4.69, 9.17) is 4.74 Å². The summed E-state index contributed by atoms with van der Waals surface area (Å²) in [4.78, 5) is 22.3. The monoisotopic (exact) mass is 264 g/mol. The Bertz CT molecular complexity index is 517. The van der Waals surface area contributed by atoms with E-state index in [9.17, 15) is 14.7 Å². The van der Waals surface area contributed by atoms with Crippen LogP contribution in [0.4, 0.5) is 0 Å². The number of benzene rings is 1. The highest BCUT2D eigenvalue weighted by molar-refractivity contribution is 6.39. The molecule has 5 heteroatoms. The van der Waals surface area contributed by atoms with Crippen molar-refractivity contribution in [1.29, 1.82) is 0 Å². The van der Waals surface area contributed by atoms with Gasteiger partial charge in [-0.1, -0.05) is 6.07 Å². The van der Waals surface area contributed by atoms with Crippen LogP contribution in [0.5, 0.6) is 5.75 Å². The third-order valence-corrected chi connectivity index (χ3v) is 2.37. The quantitative estimate of drug-likeness (QED) is 0.381. The van der Waals surface area contributed by atoms with Gasteiger partial charge >= 0.3 is 5.97 Å². The van der Waals surface area contributed by atoms with Crippen LogP contribution in [0.15, 0.2) is 24.3 Å². The molecule has 0 amide bonds. The van der Waals surface area contributed by atoms with E-state index >= 15 is 0 Å². The van der Waals surface area contributed by atoms with Crippen molar-refractivity contribution in [2.24, 2.45) is 0 Å². The predicted octanol–water partition coefficient (Wildman–Crippen LogP) is 2.03. The molecule has 0 heterocycles. The topological polar surface area (TPSA) is 72.8 Å². The molecule has 0 unspecified atom stereocenters. The molecule has 19 heavy (non-hydrogen) atoms. The Balaban J connectivity index is 3.11. The van der Waals surface area contributed by atoms with Gasteiger partial charge in [0.1, 0.15) is 11.5 Å². The molecule has 0 aliphatic carbocycles. The zero-order valence-corrected chi connectivity index (χ0v) is 11.1. The number of esters is 1. The lowest BCUT2D eigenvalue weighted by molar-refractivity contribution is -0.149. The van der Waals surface area contributed by atoms with Crippen molar-refractivity contribution in [1.82, 2.24) is 0 Å². The molecule has 0 aliphatic heterocycles. The zero-order chi connectivity index (χ0) is 14.4. The average molecular weight is 264 g/mol. The number of carbonyl (C=O) groups excluding carboxylic acids is 2. The summed E-state index contributed by atoms with van der Waals surface area (Å²) in [5.41, 5.74) is 1.31. The lowest BCUT2D eigenvalue weighted by Crippen LogP contribution is -2.13. The summed E-state index contributed by atoms with van der Waals surface area (Å²) >= 11 is 0. The fourth-order valence-corrected chi connectivity index (χ4v) is 1.48. The van der Waals surface area contributed by atoms with Crippen LogP contribution >= 0.6 is 0 Å². The molecule has 1 aromatic rings. The largest absolute Gasteiger partial charge is 0.507 e. The minimum Gasteiger partial charge on any atom is -0.507 e. The molecule has 1 aromatic carbocycles. The summed E-state index contributed by atoms with van der Waals surface area (Å²) in [7, 11) is 1.10. The summed E-state index contributed by atoms with van der Waals surface area (Å²) < 4.78 is 9.65. The Kier molecular flexibility index (Phi) is 5.11. The Morgan fingerprint density at radius 2 is 2.05 bits per heavy atom. The molecule has 1 N–H and O–H groups in total. The average Bonchev–Trinajstić information content (AvgIpc) is 2.38. The van der Waals surface area contributed by atoms with E-state index in [1.165, 1.54) is 0 Å². The van der Waals surface area contributed by atoms with Gasteiger partial charge in [0.15, 0.2) is 0 Å². The molecule has 0 aliphatic rings. The second-order valence-electron chi connectivity index (χ2n) is 3.82. The lowest BCUT2D eigenvalue weighted by Gasteiger charge is -2.10. The van der Waals surface area contributed by atoms with Crippen molar-refractivity contribution < 1.29 is 24.2 Å². The van der Waals surface area contributed by atoms with Gasteiger partial charge in [0.25, 0.3) is 5.78 Å². The molecule has 0 saturated heterocycles.